The molecule has 0 aliphatic heterocycles. The minimum absolute atomic E-state index is 0.0420. The lowest BCUT2D eigenvalue weighted by Gasteiger charge is -2.06. The predicted molar refractivity (Wildman–Crippen MR) is 61.2 cm³/mol. The summed E-state index contributed by atoms with van der Waals surface area (Å²) in [5.74, 6) is 0.544. The summed E-state index contributed by atoms with van der Waals surface area (Å²) in [4.78, 5) is 0.0420. The summed E-state index contributed by atoms with van der Waals surface area (Å²) in [7, 11) is -3.67. The number of benzene rings is 1. The molecule has 15 heavy (non-hydrogen) atoms. The van der Waals surface area contributed by atoms with Crippen LogP contribution < -0.4 is 9.88 Å². The van der Waals surface area contributed by atoms with Gasteiger partial charge >= 0.3 is 0 Å². The molecule has 0 amide bonds. The van der Waals surface area contributed by atoms with E-state index in [0.717, 1.165) is 0 Å². The molecule has 0 saturated heterocycles. The van der Waals surface area contributed by atoms with Crippen LogP contribution in [0.15, 0.2) is 40.2 Å². The molecule has 1 aromatic rings. The van der Waals surface area contributed by atoms with Crippen LogP contribution in [0.5, 0.6) is 5.75 Å². The van der Waals surface area contributed by atoms with Crippen molar-refractivity contribution < 1.29 is 13.2 Å². The van der Waals surface area contributed by atoms with E-state index in [1.165, 1.54) is 18.2 Å². The summed E-state index contributed by atoms with van der Waals surface area (Å²) >= 11 is 3.19. The molecule has 0 radical (unpaired) electrons. The largest absolute Gasteiger partial charge is 0.488 e. The van der Waals surface area contributed by atoms with Crippen LogP contribution in [0.25, 0.3) is 0 Å². The van der Waals surface area contributed by atoms with Crippen molar-refractivity contribution >= 4 is 26.0 Å². The monoisotopic (exact) mass is 291 g/mol. The maximum Gasteiger partial charge on any atom is 0.238 e. The normalized spacial score (nSPS) is 11.1. The van der Waals surface area contributed by atoms with Gasteiger partial charge in [-0.05, 0) is 34.1 Å². The van der Waals surface area contributed by atoms with Gasteiger partial charge in [0.05, 0.1) is 9.37 Å². The second-order valence-electron chi connectivity index (χ2n) is 2.74. The van der Waals surface area contributed by atoms with Crippen LogP contribution in [0.1, 0.15) is 0 Å². The molecule has 0 atom stereocenters. The molecule has 0 aliphatic carbocycles. The maximum atomic E-state index is 11.0. The lowest BCUT2D eigenvalue weighted by molar-refractivity contribution is 0.360. The maximum absolute atomic E-state index is 11.0. The Labute approximate surface area is 96.9 Å². The van der Waals surface area contributed by atoms with Gasteiger partial charge in [0.15, 0.2) is 0 Å². The Hall–Kier alpha value is -0.850. The fraction of sp³-hybridized carbons (Fsp3) is 0.111. The van der Waals surface area contributed by atoms with Gasteiger partial charge in [0.2, 0.25) is 10.0 Å². The summed E-state index contributed by atoms with van der Waals surface area (Å²) in [6.45, 7) is 3.86. The Morgan fingerprint density at radius 1 is 1.53 bits per heavy atom. The molecule has 0 saturated carbocycles. The fourth-order valence-corrected chi connectivity index (χ4v) is 2.11. The van der Waals surface area contributed by atoms with E-state index < -0.39 is 10.0 Å². The topological polar surface area (TPSA) is 69.4 Å². The lowest BCUT2D eigenvalue weighted by Crippen LogP contribution is -2.12. The summed E-state index contributed by atoms with van der Waals surface area (Å²) in [5.41, 5.74) is 0. The highest BCUT2D eigenvalue weighted by Gasteiger charge is 2.10. The van der Waals surface area contributed by atoms with E-state index in [2.05, 4.69) is 22.5 Å². The van der Waals surface area contributed by atoms with Gasteiger partial charge in [-0.15, -0.1) is 0 Å². The molecule has 0 heterocycles. The van der Waals surface area contributed by atoms with Crippen molar-refractivity contribution in [2.45, 2.75) is 4.90 Å². The Bertz CT molecular complexity index is 470. The highest BCUT2D eigenvalue weighted by molar-refractivity contribution is 9.10. The van der Waals surface area contributed by atoms with Crippen LogP contribution >= 0.6 is 15.9 Å². The fourth-order valence-electron chi connectivity index (χ4n) is 0.924. The Kier molecular flexibility index (Phi) is 3.90. The van der Waals surface area contributed by atoms with Gasteiger partial charge in [-0.3, -0.25) is 0 Å². The molecule has 2 N–H and O–H groups in total. The number of ether oxygens (including phenoxy) is 1. The van der Waals surface area contributed by atoms with Crippen molar-refractivity contribution in [1.82, 2.24) is 0 Å². The summed E-state index contributed by atoms with van der Waals surface area (Å²) in [6.07, 6.45) is 1.60. The molecule has 4 nitrogen and oxygen atoms in total. The van der Waals surface area contributed by atoms with Gasteiger partial charge in [-0.25, -0.2) is 13.6 Å². The highest BCUT2D eigenvalue weighted by Crippen LogP contribution is 2.27. The summed E-state index contributed by atoms with van der Waals surface area (Å²) in [5, 5.41) is 4.97. The Morgan fingerprint density at radius 2 is 2.20 bits per heavy atom. The van der Waals surface area contributed by atoms with E-state index >= 15 is 0 Å². The first kappa shape index (κ1) is 12.2. The van der Waals surface area contributed by atoms with Crippen molar-refractivity contribution in [2.75, 3.05) is 6.61 Å². The van der Waals surface area contributed by atoms with Crippen molar-refractivity contribution in [3.63, 3.8) is 0 Å². The number of sulfonamides is 1. The van der Waals surface area contributed by atoms with Gasteiger partial charge in [-0.2, -0.15) is 0 Å². The number of primary sulfonamides is 1. The second kappa shape index (κ2) is 4.78. The first-order valence-corrected chi connectivity index (χ1v) is 6.35. The number of rotatable bonds is 4. The van der Waals surface area contributed by atoms with Crippen LogP contribution in [0.4, 0.5) is 0 Å². The molecule has 82 valence electrons. The lowest BCUT2D eigenvalue weighted by atomic mass is 10.3. The third-order valence-corrected chi connectivity index (χ3v) is 3.12. The van der Waals surface area contributed by atoms with Gasteiger partial charge in [0.1, 0.15) is 12.4 Å². The zero-order chi connectivity index (χ0) is 11.5. The quantitative estimate of drug-likeness (QED) is 0.858. The van der Waals surface area contributed by atoms with Crippen LogP contribution in [0.3, 0.4) is 0 Å². The van der Waals surface area contributed by atoms with Crippen LogP contribution in [-0.4, -0.2) is 15.0 Å². The minimum Gasteiger partial charge on any atom is -0.488 e. The summed E-state index contributed by atoms with van der Waals surface area (Å²) < 4.78 is 27.8. The molecular weight excluding hydrogens is 282 g/mol. The van der Waals surface area contributed by atoms with Crippen molar-refractivity contribution in [2.24, 2.45) is 5.14 Å². The smallest absolute Gasteiger partial charge is 0.238 e. The van der Waals surface area contributed by atoms with E-state index in [4.69, 9.17) is 9.88 Å². The molecule has 1 aromatic carbocycles. The molecular formula is C9H10BrNO3S. The van der Waals surface area contributed by atoms with E-state index in [0.29, 0.717) is 16.8 Å². The average Bonchev–Trinajstić information content (AvgIpc) is 2.14. The van der Waals surface area contributed by atoms with Gasteiger partial charge in [0, 0.05) is 0 Å². The van der Waals surface area contributed by atoms with Crippen molar-refractivity contribution in [3.05, 3.63) is 35.3 Å². The van der Waals surface area contributed by atoms with Crippen LogP contribution in [-0.2, 0) is 10.0 Å². The van der Waals surface area contributed by atoms with E-state index in [9.17, 15) is 8.42 Å². The SMILES string of the molecule is C=CCOc1ccc(S(N)(=O)=O)cc1Br. The zero-order valence-electron chi connectivity index (χ0n) is 7.81. The first-order chi connectivity index (χ1) is 6.95. The number of hydrogen-bond donors (Lipinski definition) is 1. The van der Waals surface area contributed by atoms with Crippen molar-refractivity contribution in [1.29, 1.82) is 0 Å². The van der Waals surface area contributed by atoms with Crippen LogP contribution in [0, 0.1) is 0 Å². The van der Waals surface area contributed by atoms with E-state index in [-0.39, 0.29) is 4.90 Å². The number of halogens is 1. The first-order valence-electron chi connectivity index (χ1n) is 4.01. The minimum atomic E-state index is -3.67. The number of nitrogens with two attached hydrogens (primary N) is 1. The third-order valence-electron chi connectivity index (χ3n) is 1.59. The molecule has 0 bridgehead atoms. The van der Waals surface area contributed by atoms with Crippen molar-refractivity contribution in [3.8, 4) is 5.75 Å². The molecule has 0 fully saturated rings. The Balaban J connectivity index is 3.03. The predicted octanol–water partition coefficient (Wildman–Crippen LogP) is 1.66. The number of hydrogen-bond acceptors (Lipinski definition) is 3. The van der Waals surface area contributed by atoms with Crippen LogP contribution in [0.2, 0.25) is 0 Å². The molecule has 0 aliphatic rings. The van der Waals surface area contributed by atoms with E-state index in [1.807, 2.05) is 0 Å². The molecule has 0 spiro atoms. The molecule has 6 heteroatoms. The Morgan fingerprint density at radius 3 is 2.67 bits per heavy atom. The highest BCUT2D eigenvalue weighted by atomic mass is 79.9. The zero-order valence-corrected chi connectivity index (χ0v) is 10.2. The van der Waals surface area contributed by atoms with Gasteiger partial charge in [0.25, 0.3) is 0 Å². The third kappa shape index (κ3) is 3.33. The second-order valence-corrected chi connectivity index (χ2v) is 5.15. The van der Waals surface area contributed by atoms with E-state index in [1.54, 1.807) is 6.08 Å². The van der Waals surface area contributed by atoms with Gasteiger partial charge < -0.3 is 4.74 Å². The standard InChI is InChI=1S/C9H10BrNO3S/c1-2-5-14-9-4-3-7(6-8(9)10)15(11,12)13/h2-4,6H,1,5H2,(H2,11,12,13). The molecule has 0 aromatic heterocycles. The molecule has 1 rings (SSSR count). The summed E-state index contributed by atoms with van der Waals surface area (Å²) in [6, 6.07) is 4.32. The molecule has 0 unspecified atom stereocenters. The van der Waals surface area contributed by atoms with Gasteiger partial charge in [-0.1, -0.05) is 12.7 Å². The average molecular weight is 292 g/mol.